The van der Waals surface area contributed by atoms with Crippen molar-refractivity contribution in [2.24, 2.45) is 5.92 Å². The maximum Gasteiger partial charge on any atom is 0.325 e. The van der Waals surface area contributed by atoms with Crippen LogP contribution in [0.2, 0.25) is 10.0 Å². The van der Waals surface area contributed by atoms with Gasteiger partial charge in [0.25, 0.3) is 0 Å². The zero-order valence-corrected chi connectivity index (χ0v) is 15.7. The fourth-order valence-electron chi connectivity index (χ4n) is 3.63. The van der Waals surface area contributed by atoms with Crippen LogP contribution >= 0.6 is 23.2 Å². The lowest BCUT2D eigenvalue weighted by molar-refractivity contribution is -0.144. The highest BCUT2D eigenvalue weighted by atomic mass is 35.5. The molecule has 1 fully saturated rings. The molecule has 2 aromatic rings. The molecule has 138 valence electrons. The molecule has 1 aliphatic heterocycles. The number of likely N-dealkylation sites (tertiary alicyclic amines) is 1. The van der Waals surface area contributed by atoms with Gasteiger partial charge in [-0.05, 0) is 43.5 Å². The summed E-state index contributed by atoms with van der Waals surface area (Å²) in [5.74, 6) is -0.839. The summed E-state index contributed by atoms with van der Waals surface area (Å²) < 4.78 is 0. The minimum atomic E-state index is -0.948. The van der Waals surface area contributed by atoms with Crippen molar-refractivity contribution in [1.29, 1.82) is 0 Å². The van der Waals surface area contributed by atoms with Crippen molar-refractivity contribution in [1.82, 2.24) is 4.90 Å². The first-order valence-electron chi connectivity index (χ1n) is 8.63. The minimum absolute atomic E-state index is 0.109. The maximum absolute atomic E-state index is 11.9. The molecule has 0 spiro atoms. The monoisotopic (exact) mass is 393 g/mol. The molecule has 0 amide bonds. The van der Waals surface area contributed by atoms with Crippen molar-refractivity contribution < 1.29 is 15.0 Å². The molecule has 1 aliphatic rings. The number of benzene rings is 2. The average Bonchev–Trinajstić information content (AvgIpc) is 2.66. The first-order valence-corrected chi connectivity index (χ1v) is 9.38. The number of aliphatic hydroxyl groups excluding tert-OH is 1. The zero-order chi connectivity index (χ0) is 18.7. The third kappa shape index (κ3) is 4.04. The van der Waals surface area contributed by atoms with Crippen LogP contribution in [-0.4, -0.2) is 34.2 Å². The highest BCUT2D eigenvalue weighted by molar-refractivity contribution is 6.42. The maximum atomic E-state index is 11.9. The molecule has 6 heteroatoms. The van der Waals surface area contributed by atoms with E-state index in [0.717, 1.165) is 18.4 Å². The smallest absolute Gasteiger partial charge is 0.325 e. The largest absolute Gasteiger partial charge is 0.480 e. The molecule has 0 aromatic heterocycles. The van der Waals surface area contributed by atoms with Crippen LogP contribution in [0.4, 0.5) is 0 Å². The van der Waals surface area contributed by atoms with Crippen molar-refractivity contribution >= 4 is 29.2 Å². The van der Waals surface area contributed by atoms with E-state index in [1.54, 1.807) is 18.2 Å². The molecule has 4 nitrogen and oxygen atoms in total. The standard InChI is InChI=1S/C20H21Cl2NO3/c21-16-8-4-7-15(17(16)22)18(20(25)26)23-11-9-14(10-12-23)19(24)13-5-2-1-3-6-13/h1-8,14,18-19,24H,9-12H2,(H,25,26). The molecule has 0 saturated carbocycles. The van der Waals surface area contributed by atoms with E-state index in [4.69, 9.17) is 23.2 Å². The number of rotatable bonds is 5. The van der Waals surface area contributed by atoms with Crippen molar-refractivity contribution in [2.45, 2.75) is 25.0 Å². The number of hydrogen-bond acceptors (Lipinski definition) is 3. The Bertz CT molecular complexity index is 761. The van der Waals surface area contributed by atoms with Crippen molar-refractivity contribution in [3.05, 3.63) is 69.7 Å². The average molecular weight is 394 g/mol. The predicted molar refractivity (Wildman–Crippen MR) is 103 cm³/mol. The van der Waals surface area contributed by atoms with Gasteiger partial charge >= 0.3 is 5.97 Å². The summed E-state index contributed by atoms with van der Waals surface area (Å²) in [5, 5.41) is 21.0. The van der Waals surface area contributed by atoms with Gasteiger partial charge in [0.2, 0.25) is 0 Å². The third-order valence-corrected chi connectivity index (χ3v) is 5.87. The van der Waals surface area contributed by atoms with E-state index in [1.807, 2.05) is 35.2 Å². The van der Waals surface area contributed by atoms with Crippen LogP contribution in [0.1, 0.15) is 36.1 Å². The number of aliphatic carboxylic acids is 1. The van der Waals surface area contributed by atoms with E-state index in [9.17, 15) is 15.0 Å². The fraction of sp³-hybridized carbons (Fsp3) is 0.350. The Labute approximate surface area is 163 Å². The van der Waals surface area contributed by atoms with Gasteiger partial charge in [-0.1, -0.05) is 65.7 Å². The van der Waals surface area contributed by atoms with E-state index in [2.05, 4.69) is 0 Å². The molecular weight excluding hydrogens is 373 g/mol. The van der Waals surface area contributed by atoms with Gasteiger partial charge in [-0.3, -0.25) is 9.69 Å². The molecule has 26 heavy (non-hydrogen) atoms. The van der Waals surface area contributed by atoms with Crippen LogP contribution in [0.25, 0.3) is 0 Å². The van der Waals surface area contributed by atoms with Gasteiger partial charge in [0.05, 0.1) is 16.1 Å². The second kappa shape index (κ2) is 8.40. The molecule has 0 bridgehead atoms. The summed E-state index contributed by atoms with van der Waals surface area (Å²) in [5.41, 5.74) is 1.41. The van der Waals surface area contributed by atoms with E-state index in [1.165, 1.54) is 0 Å². The molecule has 0 aliphatic carbocycles. The Hall–Kier alpha value is -1.59. The molecule has 0 radical (unpaired) electrons. The van der Waals surface area contributed by atoms with Crippen molar-refractivity contribution in [2.75, 3.05) is 13.1 Å². The molecule has 2 aromatic carbocycles. The van der Waals surface area contributed by atoms with Crippen molar-refractivity contribution in [3.8, 4) is 0 Å². The summed E-state index contributed by atoms with van der Waals surface area (Å²) in [4.78, 5) is 13.8. The molecule has 1 heterocycles. The summed E-state index contributed by atoms with van der Waals surface area (Å²) in [6, 6.07) is 13.8. The number of carboxylic acid groups (broad SMARTS) is 1. The number of carboxylic acids is 1. The molecule has 1 saturated heterocycles. The van der Waals surface area contributed by atoms with Gasteiger partial charge in [-0.25, -0.2) is 0 Å². The summed E-state index contributed by atoms with van der Waals surface area (Å²) >= 11 is 12.3. The quantitative estimate of drug-likeness (QED) is 0.780. The van der Waals surface area contributed by atoms with E-state index < -0.39 is 18.1 Å². The van der Waals surface area contributed by atoms with E-state index in [-0.39, 0.29) is 10.9 Å². The van der Waals surface area contributed by atoms with Gasteiger partial charge in [0, 0.05) is 5.56 Å². The van der Waals surface area contributed by atoms with Crippen LogP contribution in [0, 0.1) is 5.92 Å². The van der Waals surface area contributed by atoms with E-state index >= 15 is 0 Å². The lowest BCUT2D eigenvalue weighted by Crippen LogP contribution is -2.41. The number of hydrogen-bond donors (Lipinski definition) is 2. The predicted octanol–water partition coefficient (Wildman–Crippen LogP) is 4.56. The summed E-state index contributed by atoms with van der Waals surface area (Å²) in [6.07, 6.45) is 0.909. The number of piperidine rings is 1. The normalized spacial score (nSPS) is 18.4. The highest BCUT2D eigenvalue weighted by Crippen LogP contribution is 2.37. The van der Waals surface area contributed by atoms with Gasteiger partial charge in [-0.15, -0.1) is 0 Å². The van der Waals surface area contributed by atoms with Crippen LogP contribution in [0.3, 0.4) is 0 Å². The second-order valence-corrected chi connectivity index (χ2v) is 7.40. The van der Waals surface area contributed by atoms with E-state index in [0.29, 0.717) is 23.7 Å². The van der Waals surface area contributed by atoms with Gasteiger partial charge < -0.3 is 10.2 Å². The molecule has 2 unspecified atom stereocenters. The van der Waals surface area contributed by atoms with Crippen LogP contribution in [0.15, 0.2) is 48.5 Å². The Morgan fingerprint density at radius 3 is 2.31 bits per heavy atom. The Morgan fingerprint density at radius 2 is 1.69 bits per heavy atom. The molecular formula is C20H21Cl2NO3. The first kappa shape index (κ1) is 19.2. The zero-order valence-electron chi connectivity index (χ0n) is 14.2. The van der Waals surface area contributed by atoms with Crippen molar-refractivity contribution in [3.63, 3.8) is 0 Å². The topological polar surface area (TPSA) is 60.8 Å². The van der Waals surface area contributed by atoms with Gasteiger partial charge in [0.1, 0.15) is 6.04 Å². The van der Waals surface area contributed by atoms with Gasteiger partial charge in [-0.2, -0.15) is 0 Å². The Kier molecular flexibility index (Phi) is 6.20. The lowest BCUT2D eigenvalue weighted by atomic mass is 9.86. The van der Waals surface area contributed by atoms with Crippen LogP contribution < -0.4 is 0 Å². The Balaban J connectivity index is 1.73. The number of halogens is 2. The number of aliphatic hydroxyl groups is 1. The molecule has 3 rings (SSSR count). The summed E-state index contributed by atoms with van der Waals surface area (Å²) in [6.45, 7) is 1.16. The van der Waals surface area contributed by atoms with Crippen LogP contribution in [-0.2, 0) is 4.79 Å². The molecule has 2 atom stereocenters. The third-order valence-electron chi connectivity index (χ3n) is 5.04. The molecule has 2 N–H and O–H groups in total. The Morgan fingerprint density at radius 1 is 1.04 bits per heavy atom. The minimum Gasteiger partial charge on any atom is -0.480 e. The fourth-order valence-corrected chi connectivity index (χ4v) is 4.04. The highest BCUT2D eigenvalue weighted by Gasteiger charge is 2.34. The lowest BCUT2D eigenvalue weighted by Gasteiger charge is -2.37. The number of carbonyl (C=O) groups is 1. The van der Waals surface area contributed by atoms with Crippen LogP contribution in [0.5, 0.6) is 0 Å². The summed E-state index contributed by atoms with van der Waals surface area (Å²) in [7, 11) is 0. The first-order chi connectivity index (χ1) is 12.5. The SMILES string of the molecule is O=C(O)C(c1cccc(Cl)c1Cl)N1CCC(C(O)c2ccccc2)CC1. The second-order valence-electron chi connectivity index (χ2n) is 6.61. The number of nitrogens with zero attached hydrogens (tertiary/aromatic N) is 1. The van der Waals surface area contributed by atoms with Gasteiger partial charge in [0.15, 0.2) is 0 Å².